The van der Waals surface area contributed by atoms with Gasteiger partial charge in [0, 0.05) is 5.56 Å². The van der Waals surface area contributed by atoms with Gasteiger partial charge in [-0.1, -0.05) is 60.2 Å². The van der Waals surface area contributed by atoms with Crippen molar-refractivity contribution in [2.45, 2.75) is 13.0 Å². The molecule has 0 amide bonds. The molecule has 128 valence electrons. The second kappa shape index (κ2) is 6.48. The van der Waals surface area contributed by atoms with Crippen LogP contribution >= 0.6 is 0 Å². The zero-order valence-corrected chi connectivity index (χ0v) is 14.2. The lowest BCUT2D eigenvalue weighted by Crippen LogP contribution is -2.32. The Morgan fingerprint density at radius 3 is 2.42 bits per heavy atom. The van der Waals surface area contributed by atoms with Crippen LogP contribution in [0.3, 0.4) is 0 Å². The van der Waals surface area contributed by atoms with E-state index >= 15 is 0 Å². The number of rotatable bonds is 3. The maximum Gasteiger partial charge on any atom is 0.208 e. The zero-order chi connectivity index (χ0) is 18.1. The van der Waals surface area contributed by atoms with E-state index in [1.54, 1.807) is 0 Å². The topological polar surface area (TPSA) is 55.4 Å². The van der Waals surface area contributed by atoms with E-state index in [1.807, 2.05) is 55.5 Å². The van der Waals surface area contributed by atoms with Crippen LogP contribution in [0.5, 0.6) is 5.75 Å². The number of benzene rings is 3. The number of aldehydes is 2. The molecule has 1 aliphatic rings. The number of nitrogens with one attached hydrogen (secondary N) is 1. The fourth-order valence-corrected chi connectivity index (χ4v) is 3.29. The second-order valence-corrected chi connectivity index (χ2v) is 6.31. The standard InChI is InChI=1S/C22H17NO3/c1-14-6-8-16(9-7-14)21-20-18-5-3-2-4-15(18)10-11-19(20)26-22(23-21)17(12-24)13-25/h2-13,21,23H,1H3. The van der Waals surface area contributed by atoms with Crippen LogP contribution in [0.1, 0.15) is 22.7 Å². The molecule has 0 saturated heterocycles. The first-order valence-electron chi connectivity index (χ1n) is 8.38. The van der Waals surface area contributed by atoms with Gasteiger partial charge in [0.05, 0.1) is 6.04 Å². The number of hydrogen-bond acceptors (Lipinski definition) is 4. The summed E-state index contributed by atoms with van der Waals surface area (Å²) in [6.45, 7) is 2.03. The Balaban J connectivity index is 1.98. The number of ether oxygens (including phenoxy) is 1. The van der Waals surface area contributed by atoms with Gasteiger partial charge in [-0.05, 0) is 29.3 Å². The monoisotopic (exact) mass is 343 g/mol. The molecule has 0 radical (unpaired) electrons. The van der Waals surface area contributed by atoms with E-state index in [4.69, 9.17) is 4.74 Å². The van der Waals surface area contributed by atoms with Crippen LogP contribution in [0.2, 0.25) is 0 Å². The molecule has 4 heteroatoms. The third-order valence-corrected chi connectivity index (χ3v) is 4.63. The number of carbonyl (C=O) groups is 2. The Morgan fingerprint density at radius 1 is 0.962 bits per heavy atom. The Labute approximate surface area is 151 Å². The summed E-state index contributed by atoms with van der Waals surface area (Å²) in [4.78, 5) is 22.5. The molecule has 4 nitrogen and oxygen atoms in total. The molecule has 0 bridgehead atoms. The number of carbonyl (C=O) groups excluding carboxylic acids is 2. The van der Waals surface area contributed by atoms with Crippen LogP contribution < -0.4 is 10.1 Å². The summed E-state index contributed by atoms with van der Waals surface area (Å²) >= 11 is 0. The Kier molecular flexibility index (Phi) is 4.01. The minimum atomic E-state index is -0.227. The fraction of sp³-hybridized carbons (Fsp3) is 0.0909. The summed E-state index contributed by atoms with van der Waals surface area (Å²) in [6.07, 6.45) is 1.02. The molecule has 0 aliphatic carbocycles. The van der Waals surface area contributed by atoms with Crippen molar-refractivity contribution in [3.8, 4) is 5.75 Å². The van der Waals surface area contributed by atoms with E-state index in [-0.39, 0.29) is 17.5 Å². The van der Waals surface area contributed by atoms with Gasteiger partial charge in [0.1, 0.15) is 11.3 Å². The van der Waals surface area contributed by atoms with Gasteiger partial charge in [-0.15, -0.1) is 0 Å². The van der Waals surface area contributed by atoms with Gasteiger partial charge in [0.25, 0.3) is 0 Å². The minimum Gasteiger partial charge on any atom is -0.440 e. The van der Waals surface area contributed by atoms with Crippen LogP contribution in [0, 0.1) is 6.92 Å². The predicted octanol–water partition coefficient (Wildman–Crippen LogP) is 3.83. The smallest absolute Gasteiger partial charge is 0.208 e. The molecule has 0 aromatic heterocycles. The molecule has 4 rings (SSSR count). The summed E-state index contributed by atoms with van der Waals surface area (Å²) in [5.74, 6) is 0.826. The van der Waals surface area contributed by atoms with Gasteiger partial charge in [-0.3, -0.25) is 9.59 Å². The molecule has 1 N–H and O–H groups in total. The molecule has 3 aromatic carbocycles. The third kappa shape index (κ3) is 2.65. The van der Waals surface area contributed by atoms with Gasteiger partial charge in [-0.25, -0.2) is 0 Å². The SMILES string of the molecule is Cc1ccc(C2NC(=C(C=O)C=O)Oc3ccc4ccccc4c32)cc1. The van der Waals surface area contributed by atoms with E-state index in [2.05, 4.69) is 17.4 Å². The number of fused-ring (bicyclic) bond motifs is 3. The van der Waals surface area contributed by atoms with E-state index in [9.17, 15) is 9.59 Å². The van der Waals surface area contributed by atoms with Crippen molar-refractivity contribution in [1.29, 1.82) is 0 Å². The molecule has 0 saturated carbocycles. The average Bonchev–Trinajstić information content (AvgIpc) is 2.69. The van der Waals surface area contributed by atoms with E-state index < -0.39 is 0 Å². The highest BCUT2D eigenvalue weighted by molar-refractivity contribution is 6.00. The van der Waals surface area contributed by atoms with Gasteiger partial charge >= 0.3 is 0 Å². The average molecular weight is 343 g/mol. The van der Waals surface area contributed by atoms with Crippen molar-refractivity contribution < 1.29 is 14.3 Å². The minimum absolute atomic E-state index is 0.0408. The van der Waals surface area contributed by atoms with Gasteiger partial charge in [0.2, 0.25) is 5.88 Å². The normalized spacial score (nSPS) is 15.6. The van der Waals surface area contributed by atoms with Gasteiger partial charge in [0.15, 0.2) is 12.6 Å². The highest BCUT2D eigenvalue weighted by Gasteiger charge is 2.29. The highest BCUT2D eigenvalue weighted by atomic mass is 16.5. The Bertz CT molecular complexity index is 1020. The lowest BCUT2D eigenvalue weighted by molar-refractivity contribution is -0.110. The zero-order valence-electron chi connectivity index (χ0n) is 14.2. The maximum atomic E-state index is 11.2. The van der Waals surface area contributed by atoms with Gasteiger partial charge < -0.3 is 10.1 Å². The van der Waals surface area contributed by atoms with E-state index in [0.717, 1.165) is 27.5 Å². The molecular weight excluding hydrogens is 326 g/mol. The van der Waals surface area contributed by atoms with Crippen molar-refractivity contribution in [2.75, 3.05) is 0 Å². The molecule has 1 heterocycles. The first kappa shape index (κ1) is 16.1. The first-order valence-corrected chi connectivity index (χ1v) is 8.38. The van der Waals surface area contributed by atoms with Crippen LogP contribution in [0.25, 0.3) is 10.8 Å². The summed E-state index contributed by atoms with van der Waals surface area (Å²) in [5, 5.41) is 5.41. The third-order valence-electron chi connectivity index (χ3n) is 4.63. The summed E-state index contributed by atoms with van der Waals surface area (Å²) in [7, 11) is 0. The van der Waals surface area contributed by atoms with Crippen molar-refractivity contribution in [3.05, 3.63) is 88.8 Å². The van der Waals surface area contributed by atoms with Crippen molar-refractivity contribution >= 4 is 23.3 Å². The van der Waals surface area contributed by atoms with Gasteiger partial charge in [-0.2, -0.15) is 0 Å². The van der Waals surface area contributed by atoms with Crippen LogP contribution in [0.15, 0.2) is 72.1 Å². The molecule has 26 heavy (non-hydrogen) atoms. The molecule has 0 spiro atoms. The van der Waals surface area contributed by atoms with Crippen LogP contribution in [0.4, 0.5) is 0 Å². The Hall–Kier alpha value is -3.40. The predicted molar refractivity (Wildman–Crippen MR) is 99.9 cm³/mol. The first-order chi connectivity index (χ1) is 12.7. The number of allylic oxidation sites excluding steroid dienone is 1. The molecule has 1 atom stereocenters. The maximum absolute atomic E-state index is 11.2. The molecule has 3 aromatic rings. The molecular formula is C22H17NO3. The lowest BCUT2D eigenvalue weighted by atomic mass is 9.91. The Morgan fingerprint density at radius 2 is 1.69 bits per heavy atom. The summed E-state index contributed by atoms with van der Waals surface area (Å²) in [6, 6.07) is 19.9. The molecule has 1 aliphatic heterocycles. The number of aryl methyl sites for hydroxylation is 1. The number of hydrogen-bond donors (Lipinski definition) is 1. The largest absolute Gasteiger partial charge is 0.440 e. The fourth-order valence-electron chi connectivity index (χ4n) is 3.29. The van der Waals surface area contributed by atoms with Crippen LogP contribution in [-0.2, 0) is 9.59 Å². The summed E-state index contributed by atoms with van der Waals surface area (Å²) in [5.41, 5.74) is 3.15. The quantitative estimate of drug-likeness (QED) is 0.340. The summed E-state index contributed by atoms with van der Waals surface area (Å²) < 4.78 is 5.87. The molecule has 1 unspecified atom stereocenters. The van der Waals surface area contributed by atoms with Crippen LogP contribution in [-0.4, -0.2) is 12.6 Å². The lowest BCUT2D eigenvalue weighted by Gasteiger charge is -2.31. The van der Waals surface area contributed by atoms with Crippen molar-refractivity contribution in [1.82, 2.24) is 5.32 Å². The molecule has 0 fully saturated rings. The van der Waals surface area contributed by atoms with Crippen molar-refractivity contribution in [2.24, 2.45) is 0 Å². The highest BCUT2D eigenvalue weighted by Crippen LogP contribution is 2.40. The van der Waals surface area contributed by atoms with E-state index in [1.165, 1.54) is 0 Å². The van der Waals surface area contributed by atoms with E-state index in [0.29, 0.717) is 18.3 Å². The second-order valence-electron chi connectivity index (χ2n) is 6.31. The van der Waals surface area contributed by atoms with Crippen molar-refractivity contribution in [3.63, 3.8) is 0 Å².